The molecule has 0 aromatic heterocycles. The molecule has 8 nitrogen and oxygen atoms in total. The first-order valence-corrected chi connectivity index (χ1v) is 14.2. The Bertz CT molecular complexity index is 1510. The molecule has 0 fully saturated rings. The maximum absolute atomic E-state index is 13.5. The summed E-state index contributed by atoms with van der Waals surface area (Å²) < 4.78 is 97.4. The van der Waals surface area contributed by atoms with Crippen LogP contribution in [-0.2, 0) is 30.8 Å². The number of Topliss-reactive ketones (excluding diaryl/α,β-unsaturated/α-hetero) is 1. The number of ether oxygens (including phenoxy) is 1. The van der Waals surface area contributed by atoms with E-state index >= 15 is 0 Å². The fourth-order valence-electron chi connectivity index (χ4n) is 3.50. The number of dihydropyridines is 1. The van der Waals surface area contributed by atoms with Gasteiger partial charge in [0.05, 0.1) is 31.1 Å². The van der Waals surface area contributed by atoms with E-state index in [-0.39, 0.29) is 21.2 Å². The van der Waals surface area contributed by atoms with Crippen LogP contribution in [0.2, 0.25) is 5.02 Å². The van der Waals surface area contributed by atoms with Gasteiger partial charge in [-0.3, -0.25) is 4.79 Å². The number of rotatable bonds is 8. The highest BCUT2D eigenvalue weighted by molar-refractivity contribution is 7.90. The summed E-state index contributed by atoms with van der Waals surface area (Å²) >= 11 is 11.7. The molecule has 0 radical (unpaired) electrons. The minimum atomic E-state index is -4.94. The zero-order valence-electron chi connectivity index (χ0n) is 19.1. The lowest BCUT2D eigenvalue weighted by atomic mass is 10.00. The molecule has 1 unspecified atom stereocenters. The molecule has 1 aliphatic rings. The van der Waals surface area contributed by atoms with Crippen molar-refractivity contribution in [3.05, 3.63) is 81.6 Å². The number of halogens is 5. The molecule has 1 aliphatic heterocycles. The van der Waals surface area contributed by atoms with Crippen molar-refractivity contribution >= 4 is 48.8 Å². The third-order valence-corrected chi connectivity index (χ3v) is 8.60. The number of nitrogens with one attached hydrogen (secondary N) is 1. The normalized spacial score (nSPS) is 16.5. The van der Waals surface area contributed by atoms with Gasteiger partial charge in [0, 0.05) is 25.1 Å². The molecule has 2 aromatic rings. The predicted molar refractivity (Wildman–Crippen MR) is 130 cm³/mol. The van der Waals surface area contributed by atoms with Gasteiger partial charge in [0.1, 0.15) is 12.8 Å². The summed E-state index contributed by atoms with van der Waals surface area (Å²) in [5.41, 5.74) is -1.93. The van der Waals surface area contributed by atoms with E-state index in [2.05, 4.69) is 5.32 Å². The summed E-state index contributed by atoms with van der Waals surface area (Å²) in [4.78, 5) is 12.4. The largest absolute Gasteiger partial charge is 0.417 e. The van der Waals surface area contributed by atoms with E-state index in [0.29, 0.717) is 10.4 Å². The van der Waals surface area contributed by atoms with Crippen LogP contribution in [0, 0.1) is 0 Å². The summed E-state index contributed by atoms with van der Waals surface area (Å²) in [5, 5.41) is 1.88. The number of sulfonamides is 1. The zero-order chi connectivity index (χ0) is 27.8. The minimum Gasteiger partial charge on any atom is -0.375 e. The molecule has 15 heteroatoms. The molecule has 0 saturated carbocycles. The standard InChI is InChI=1S/C22H19Cl2F3N2O6S2/c1-35-12-29(37(33,34)14-7-8-17(24)16(10-14)22(25,26)27)18-9-13(23)11-28-20(18)21(30)15-5-3-4-6-19(15)36(2,31)32/h3-11,20,28H,12H2,1-2H3. The number of methoxy groups -OCH3 is 1. The van der Waals surface area contributed by atoms with E-state index in [1.165, 1.54) is 30.5 Å². The predicted octanol–water partition coefficient (Wildman–Crippen LogP) is 4.18. The molecule has 1 heterocycles. The molecule has 1 N–H and O–H groups in total. The first kappa shape index (κ1) is 29.0. The second-order valence-electron chi connectivity index (χ2n) is 7.74. The van der Waals surface area contributed by atoms with Gasteiger partial charge in [-0.2, -0.15) is 13.2 Å². The minimum absolute atomic E-state index is 0.0427. The van der Waals surface area contributed by atoms with Crippen molar-refractivity contribution in [3.8, 4) is 0 Å². The van der Waals surface area contributed by atoms with Crippen LogP contribution in [0.5, 0.6) is 0 Å². The Balaban J connectivity index is 2.17. The zero-order valence-corrected chi connectivity index (χ0v) is 22.2. The molecular weight excluding hydrogens is 580 g/mol. The molecule has 2 aromatic carbocycles. The molecule has 3 rings (SSSR count). The van der Waals surface area contributed by atoms with E-state index in [1.807, 2.05) is 0 Å². The summed E-state index contributed by atoms with van der Waals surface area (Å²) in [7, 11) is -7.51. The van der Waals surface area contributed by atoms with E-state index in [0.717, 1.165) is 31.6 Å². The molecule has 1 atom stereocenters. The van der Waals surface area contributed by atoms with Crippen molar-refractivity contribution in [1.82, 2.24) is 9.62 Å². The van der Waals surface area contributed by atoms with Crippen LogP contribution in [0.3, 0.4) is 0 Å². The van der Waals surface area contributed by atoms with Crippen molar-refractivity contribution in [2.75, 3.05) is 20.1 Å². The molecule has 0 bridgehead atoms. The third-order valence-electron chi connectivity index (χ3n) is 5.15. The number of carbonyl (C=O) groups is 1. The Hall–Kier alpha value is -2.58. The number of ketones is 1. The first-order chi connectivity index (χ1) is 17.1. The van der Waals surface area contributed by atoms with Gasteiger partial charge in [0.2, 0.25) is 0 Å². The van der Waals surface area contributed by atoms with Crippen LogP contribution in [0.25, 0.3) is 0 Å². The number of carbonyl (C=O) groups excluding carboxylic acids is 1. The van der Waals surface area contributed by atoms with Crippen LogP contribution in [-0.4, -0.2) is 53.1 Å². The monoisotopic (exact) mass is 598 g/mol. The number of benzene rings is 2. The van der Waals surface area contributed by atoms with E-state index in [4.69, 9.17) is 27.9 Å². The van der Waals surface area contributed by atoms with Crippen molar-refractivity contribution in [3.63, 3.8) is 0 Å². The van der Waals surface area contributed by atoms with Crippen molar-refractivity contribution in [2.24, 2.45) is 0 Å². The molecule has 37 heavy (non-hydrogen) atoms. The van der Waals surface area contributed by atoms with E-state index in [9.17, 15) is 34.8 Å². The van der Waals surface area contributed by atoms with Crippen molar-refractivity contribution in [1.29, 1.82) is 0 Å². The smallest absolute Gasteiger partial charge is 0.375 e. The summed E-state index contributed by atoms with van der Waals surface area (Å²) in [6.45, 7) is -0.721. The van der Waals surface area contributed by atoms with Gasteiger partial charge in [0.15, 0.2) is 15.6 Å². The number of hydrogen-bond donors (Lipinski definition) is 1. The summed E-state index contributed by atoms with van der Waals surface area (Å²) in [6.07, 6.45) is -1.74. The lowest BCUT2D eigenvalue weighted by Crippen LogP contribution is -2.46. The Labute approximate surface area is 221 Å². The average molecular weight is 599 g/mol. The number of nitrogens with zero attached hydrogens (tertiary/aromatic N) is 1. The highest BCUT2D eigenvalue weighted by Crippen LogP contribution is 2.37. The SMILES string of the molecule is COCN(C1=CC(Cl)=CNC1C(=O)c1ccccc1S(C)(=O)=O)S(=O)(=O)c1ccc(Cl)c(C(F)(F)F)c1. The van der Waals surface area contributed by atoms with Crippen molar-refractivity contribution < 1.29 is 39.5 Å². The lowest BCUT2D eigenvalue weighted by Gasteiger charge is -2.33. The maximum Gasteiger partial charge on any atom is 0.417 e. The quantitative estimate of drug-likeness (QED) is 0.358. The Morgan fingerprint density at radius 3 is 2.35 bits per heavy atom. The molecular formula is C22H19Cl2F3N2O6S2. The number of allylic oxidation sites excluding steroid dienone is 2. The Morgan fingerprint density at radius 2 is 1.76 bits per heavy atom. The summed E-state index contributed by atoms with van der Waals surface area (Å²) in [6, 6.07) is 5.83. The molecule has 0 saturated heterocycles. The van der Waals surface area contributed by atoms with Gasteiger partial charge in [-0.25, -0.2) is 21.1 Å². The van der Waals surface area contributed by atoms with Gasteiger partial charge < -0.3 is 10.1 Å². The number of sulfone groups is 1. The van der Waals surface area contributed by atoms with Crippen LogP contribution in [0.4, 0.5) is 13.2 Å². The van der Waals surface area contributed by atoms with Crippen LogP contribution < -0.4 is 5.32 Å². The molecule has 0 aliphatic carbocycles. The maximum atomic E-state index is 13.5. The van der Waals surface area contributed by atoms with Gasteiger partial charge in [-0.1, -0.05) is 35.3 Å². The van der Waals surface area contributed by atoms with E-state index in [1.54, 1.807) is 0 Å². The topological polar surface area (TPSA) is 110 Å². The van der Waals surface area contributed by atoms with Gasteiger partial charge in [-0.15, -0.1) is 0 Å². The van der Waals surface area contributed by atoms with Gasteiger partial charge in [-0.05, 0) is 36.4 Å². The highest BCUT2D eigenvalue weighted by atomic mass is 35.5. The van der Waals surface area contributed by atoms with E-state index < -0.39 is 60.1 Å². The molecule has 0 amide bonds. The first-order valence-electron chi connectivity index (χ1n) is 10.1. The van der Waals surface area contributed by atoms with Gasteiger partial charge in [0.25, 0.3) is 10.0 Å². The fraction of sp³-hybridized carbons (Fsp3) is 0.227. The van der Waals surface area contributed by atoms with Crippen LogP contribution in [0.1, 0.15) is 15.9 Å². The van der Waals surface area contributed by atoms with Crippen LogP contribution >= 0.6 is 23.2 Å². The average Bonchev–Trinajstić information content (AvgIpc) is 2.80. The summed E-state index contributed by atoms with van der Waals surface area (Å²) in [5.74, 6) is -0.837. The molecule has 0 spiro atoms. The van der Waals surface area contributed by atoms with Crippen LogP contribution in [0.15, 0.2) is 75.3 Å². The Morgan fingerprint density at radius 1 is 1.11 bits per heavy atom. The molecule has 200 valence electrons. The second-order valence-corrected chi connectivity index (χ2v) is 12.4. The lowest BCUT2D eigenvalue weighted by molar-refractivity contribution is -0.137. The third kappa shape index (κ3) is 6.12. The second kappa shape index (κ2) is 10.7. The number of hydrogen-bond acceptors (Lipinski definition) is 7. The van der Waals surface area contributed by atoms with Gasteiger partial charge >= 0.3 is 6.18 Å². The van der Waals surface area contributed by atoms with Crippen molar-refractivity contribution in [2.45, 2.75) is 22.0 Å². The number of alkyl halides is 3. The highest BCUT2D eigenvalue weighted by Gasteiger charge is 2.39. The fourth-order valence-corrected chi connectivity index (χ4v) is 6.23. The Kier molecular flexibility index (Phi) is 8.35.